The van der Waals surface area contributed by atoms with Gasteiger partial charge in [-0.1, -0.05) is 42.5 Å². The van der Waals surface area contributed by atoms with Crippen molar-refractivity contribution in [2.75, 3.05) is 26.2 Å². The minimum Gasteiger partial charge on any atom is -0.451 e. The van der Waals surface area contributed by atoms with Crippen LogP contribution in [0, 0.1) is 0 Å². The molecule has 4 rings (SSSR count). The molecule has 0 unspecified atom stereocenters. The van der Waals surface area contributed by atoms with Gasteiger partial charge in [-0.05, 0) is 17.7 Å². The Morgan fingerprint density at radius 3 is 2.38 bits per heavy atom. The third-order valence-corrected chi connectivity index (χ3v) is 4.75. The molecule has 132 valence electrons. The van der Waals surface area contributed by atoms with E-state index in [2.05, 4.69) is 17.0 Å². The third-order valence-electron chi connectivity index (χ3n) is 4.75. The van der Waals surface area contributed by atoms with Gasteiger partial charge in [0, 0.05) is 38.8 Å². The molecule has 0 bridgehead atoms. The van der Waals surface area contributed by atoms with Crippen LogP contribution in [-0.4, -0.2) is 41.9 Å². The third kappa shape index (κ3) is 3.39. The van der Waals surface area contributed by atoms with Gasteiger partial charge < -0.3 is 9.32 Å². The Balaban J connectivity index is 1.44. The van der Waals surface area contributed by atoms with Gasteiger partial charge in [-0.15, -0.1) is 0 Å². The van der Waals surface area contributed by atoms with Gasteiger partial charge in [0.15, 0.2) is 11.2 Å². The van der Waals surface area contributed by atoms with Crippen molar-refractivity contribution < 1.29 is 9.21 Å². The van der Waals surface area contributed by atoms with Crippen LogP contribution in [-0.2, 0) is 6.54 Å². The Morgan fingerprint density at radius 2 is 1.62 bits per heavy atom. The highest BCUT2D eigenvalue weighted by molar-refractivity contribution is 5.93. The lowest BCUT2D eigenvalue weighted by molar-refractivity contribution is 0.0598. The second kappa shape index (κ2) is 7.14. The predicted molar refractivity (Wildman–Crippen MR) is 100 cm³/mol. The first-order chi connectivity index (χ1) is 12.7. The molecule has 0 spiro atoms. The molecule has 1 saturated heterocycles. The Morgan fingerprint density at radius 1 is 0.923 bits per heavy atom. The van der Waals surface area contributed by atoms with Crippen LogP contribution >= 0.6 is 0 Å². The van der Waals surface area contributed by atoms with E-state index in [0.29, 0.717) is 24.1 Å². The Labute approximate surface area is 151 Å². The lowest BCUT2D eigenvalue weighted by atomic mass is 10.2. The average molecular weight is 348 g/mol. The van der Waals surface area contributed by atoms with Crippen molar-refractivity contribution in [2.45, 2.75) is 6.54 Å². The monoisotopic (exact) mass is 348 g/mol. The molecule has 0 N–H and O–H groups in total. The van der Waals surface area contributed by atoms with Crippen molar-refractivity contribution in [2.24, 2.45) is 0 Å². The average Bonchev–Trinajstić information content (AvgIpc) is 2.69. The molecule has 0 saturated carbocycles. The number of rotatable bonds is 3. The minimum atomic E-state index is -0.216. The van der Waals surface area contributed by atoms with Gasteiger partial charge in [0.25, 0.3) is 5.91 Å². The van der Waals surface area contributed by atoms with Crippen LogP contribution in [0.15, 0.2) is 69.9 Å². The van der Waals surface area contributed by atoms with Crippen LogP contribution in [0.3, 0.4) is 0 Å². The fourth-order valence-electron chi connectivity index (χ4n) is 3.32. The second-order valence-electron chi connectivity index (χ2n) is 6.53. The molecule has 1 aliphatic heterocycles. The largest absolute Gasteiger partial charge is 0.451 e. The fourth-order valence-corrected chi connectivity index (χ4v) is 3.32. The number of hydrogen-bond donors (Lipinski definition) is 0. The van der Waals surface area contributed by atoms with E-state index >= 15 is 0 Å². The topological polar surface area (TPSA) is 53.8 Å². The Kier molecular flexibility index (Phi) is 4.54. The highest BCUT2D eigenvalue weighted by Crippen LogP contribution is 2.15. The molecule has 2 heterocycles. The molecule has 26 heavy (non-hydrogen) atoms. The van der Waals surface area contributed by atoms with Crippen molar-refractivity contribution in [1.82, 2.24) is 9.80 Å². The predicted octanol–water partition coefficient (Wildman–Crippen LogP) is 2.75. The van der Waals surface area contributed by atoms with Crippen molar-refractivity contribution in [3.8, 4) is 0 Å². The highest BCUT2D eigenvalue weighted by atomic mass is 16.3. The number of para-hydroxylation sites is 1. The number of piperazine rings is 1. The van der Waals surface area contributed by atoms with Gasteiger partial charge in [0.05, 0.1) is 5.39 Å². The lowest BCUT2D eigenvalue weighted by Crippen LogP contribution is -2.48. The van der Waals surface area contributed by atoms with E-state index < -0.39 is 0 Å². The van der Waals surface area contributed by atoms with Crippen LogP contribution in [0.25, 0.3) is 11.0 Å². The molecule has 3 aromatic rings. The second-order valence-corrected chi connectivity index (χ2v) is 6.53. The molecule has 0 radical (unpaired) electrons. The summed E-state index contributed by atoms with van der Waals surface area (Å²) in [5.74, 6) is -0.0996. The molecule has 0 aliphatic carbocycles. The van der Waals surface area contributed by atoms with Crippen LogP contribution in [0.2, 0.25) is 0 Å². The molecule has 0 atom stereocenters. The van der Waals surface area contributed by atoms with E-state index in [1.54, 1.807) is 29.2 Å². The number of hydrogen-bond acceptors (Lipinski definition) is 4. The lowest BCUT2D eigenvalue weighted by Gasteiger charge is -2.34. The normalized spacial score (nSPS) is 15.3. The van der Waals surface area contributed by atoms with Gasteiger partial charge in [-0.25, -0.2) is 0 Å². The van der Waals surface area contributed by atoms with Crippen LogP contribution in [0.5, 0.6) is 0 Å². The summed E-state index contributed by atoms with van der Waals surface area (Å²) in [4.78, 5) is 29.0. The van der Waals surface area contributed by atoms with E-state index in [1.165, 1.54) is 11.6 Å². The minimum absolute atomic E-state index is 0.116. The Hall–Kier alpha value is -2.92. The molecule has 1 aromatic heterocycles. The number of benzene rings is 2. The van der Waals surface area contributed by atoms with Crippen LogP contribution in [0.4, 0.5) is 0 Å². The zero-order chi connectivity index (χ0) is 17.9. The summed E-state index contributed by atoms with van der Waals surface area (Å²) >= 11 is 0. The number of carbonyl (C=O) groups excluding carboxylic acids is 1. The fraction of sp³-hybridized carbons (Fsp3) is 0.238. The van der Waals surface area contributed by atoms with Crippen molar-refractivity contribution in [3.05, 3.63) is 82.2 Å². The van der Waals surface area contributed by atoms with Crippen LogP contribution < -0.4 is 5.43 Å². The molecular formula is C21H20N2O3. The number of carbonyl (C=O) groups is 1. The number of nitrogens with zero attached hydrogens (tertiary/aromatic N) is 2. The molecule has 2 aromatic carbocycles. The van der Waals surface area contributed by atoms with E-state index in [4.69, 9.17) is 4.42 Å². The SMILES string of the molecule is O=C(c1cc(=O)c2ccccc2o1)N1CCN(Cc2ccccc2)CC1. The van der Waals surface area contributed by atoms with Gasteiger partial charge in [0.2, 0.25) is 0 Å². The van der Waals surface area contributed by atoms with E-state index in [-0.39, 0.29) is 17.1 Å². The maximum atomic E-state index is 12.7. The smallest absolute Gasteiger partial charge is 0.289 e. The zero-order valence-corrected chi connectivity index (χ0v) is 14.4. The van der Waals surface area contributed by atoms with Crippen LogP contribution in [0.1, 0.15) is 16.1 Å². The van der Waals surface area contributed by atoms with Crippen molar-refractivity contribution in [1.29, 1.82) is 0 Å². The zero-order valence-electron chi connectivity index (χ0n) is 14.4. The molecule has 5 heteroatoms. The summed E-state index contributed by atoms with van der Waals surface area (Å²) in [6, 6.07) is 18.6. The number of fused-ring (bicyclic) bond motifs is 1. The summed E-state index contributed by atoms with van der Waals surface area (Å²) in [5.41, 5.74) is 1.54. The quantitative estimate of drug-likeness (QED) is 0.730. The maximum Gasteiger partial charge on any atom is 0.289 e. The van der Waals surface area contributed by atoms with Gasteiger partial charge in [-0.2, -0.15) is 0 Å². The number of amides is 1. The summed E-state index contributed by atoms with van der Waals surface area (Å²) in [5, 5.41) is 0.497. The van der Waals surface area contributed by atoms with E-state index in [0.717, 1.165) is 19.6 Å². The highest BCUT2D eigenvalue weighted by Gasteiger charge is 2.24. The summed E-state index contributed by atoms with van der Waals surface area (Å²) < 4.78 is 5.68. The summed E-state index contributed by atoms with van der Waals surface area (Å²) in [7, 11) is 0. The maximum absolute atomic E-state index is 12.7. The standard InChI is InChI=1S/C21H20N2O3/c24-18-14-20(26-19-9-5-4-8-17(18)19)21(25)23-12-10-22(11-13-23)15-16-6-2-1-3-7-16/h1-9,14H,10-13,15H2. The van der Waals surface area contributed by atoms with Crippen molar-refractivity contribution in [3.63, 3.8) is 0 Å². The first-order valence-electron chi connectivity index (χ1n) is 8.79. The Bertz CT molecular complexity index is 973. The van der Waals surface area contributed by atoms with Gasteiger partial charge >= 0.3 is 0 Å². The molecule has 5 nitrogen and oxygen atoms in total. The van der Waals surface area contributed by atoms with Gasteiger partial charge in [0.1, 0.15) is 5.58 Å². The summed E-state index contributed by atoms with van der Waals surface area (Å²) in [6.45, 7) is 3.75. The molecule has 1 aliphatic rings. The van der Waals surface area contributed by atoms with Crippen molar-refractivity contribution >= 4 is 16.9 Å². The molecule has 1 amide bonds. The van der Waals surface area contributed by atoms with E-state index in [1.807, 2.05) is 18.2 Å². The molecule has 1 fully saturated rings. The summed E-state index contributed by atoms with van der Waals surface area (Å²) in [6.07, 6.45) is 0. The first kappa shape index (κ1) is 16.5. The van der Waals surface area contributed by atoms with E-state index in [9.17, 15) is 9.59 Å². The van der Waals surface area contributed by atoms with Gasteiger partial charge in [-0.3, -0.25) is 14.5 Å². The first-order valence-corrected chi connectivity index (χ1v) is 8.79. The molecular weight excluding hydrogens is 328 g/mol.